The molecule has 0 aliphatic rings. The molecule has 0 unspecified atom stereocenters. The van der Waals surface area contributed by atoms with Crippen LogP contribution in [0, 0.1) is 0 Å². The molecule has 20 heavy (non-hydrogen) atoms. The highest BCUT2D eigenvalue weighted by Crippen LogP contribution is 2.16. The fourth-order valence-electron chi connectivity index (χ4n) is 1.83. The Labute approximate surface area is 126 Å². The van der Waals surface area contributed by atoms with Crippen LogP contribution in [0.1, 0.15) is 15.9 Å². The Morgan fingerprint density at radius 3 is 2.45 bits per heavy atom. The van der Waals surface area contributed by atoms with Gasteiger partial charge >= 0.3 is 0 Å². The van der Waals surface area contributed by atoms with E-state index >= 15 is 0 Å². The van der Waals surface area contributed by atoms with Gasteiger partial charge in [-0.3, -0.25) is 4.79 Å². The zero-order valence-electron chi connectivity index (χ0n) is 10.8. The van der Waals surface area contributed by atoms with Gasteiger partial charge in [0.2, 0.25) is 0 Å². The third kappa shape index (κ3) is 3.77. The molecule has 0 saturated heterocycles. The van der Waals surface area contributed by atoms with Gasteiger partial charge in [0, 0.05) is 22.7 Å². The minimum absolute atomic E-state index is 0.103. The molecule has 104 valence electrons. The average Bonchev–Trinajstić information content (AvgIpc) is 2.38. The van der Waals surface area contributed by atoms with Gasteiger partial charge in [-0.25, -0.2) is 8.42 Å². The number of carbonyl (C=O) groups is 1. The van der Waals surface area contributed by atoms with Crippen LogP contribution in [0.3, 0.4) is 0 Å². The van der Waals surface area contributed by atoms with Crippen LogP contribution in [0.2, 0.25) is 0 Å². The van der Waals surface area contributed by atoms with Crippen LogP contribution in [-0.2, 0) is 16.3 Å². The van der Waals surface area contributed by atoms with Crippen molar-refractivity contribution in [3.63, 3.8) is 0 Å². The molecular weight excluding hydrogens is 340 g/mol. The molecule has 0 atom stereocenters. The molecule has 0 spiro atoms. The SMILES string of the molecule is CS(=O)(=O)c1cccc(C(=O)Cc2cccc(Br)c2)c1. The molecule has 2 aromatic rings. The first-order chi connectivity index (χ1) is 9.36. The van der Waals surface area contributed by atoms with Crippen molar-refractivity contribution in [3.8, 4) is 0 Å². The molecule has 0 N–H and O–H groups in total. The highest BCUT2D eigenvalue weighted by molar-refractivity contribution is 9.10. The molecule has 0 aromatic heterocycles. The minimum Gasteiger partial charge on any atom is -0.294 e. The van der Waals surface area contributed by atoms with E-state index in [1.165, 1.54) is 12.1 Å². The van der Waals surface area contributed by atoms with Crippen molar-refractivity contribution >= 4 is 31.6 Å². The second-order valence-corrected chi connectivity index (χ2v) is 7.46. The molecule has 0 amide bonds. The summed E-state index contributed by atoms with van der Waals surface area (Å²) in [5.74, 6) is -0.103. The predicted molar refractivity (Wildman–Crippen MR) is 81.7 cm³/mol. The van der Waals surface area contributed by atoms with Crippen molar-refractivity contribution in [1.29, 1.82) is 0 Å². The number of hydrogen-bond donors (Lipinski definition) is 0. The molecule has 3 nitrogen and oxygen atoms in total. The maximum absolute atomic E-state index is 12.2. The van der Waals surface area contributed by atoms with E-state index in [2.05, 4.69) is 15.9 Å². The van der Waals surface area contributed by atoms with Crippen molar-refractivity contribution in [1.82, 2.24) is 0 Å². The normalized spacial score (nSPS) is 11.3. The van der Waals surface area contributed by atoms with Crippen LogP contribution in [0.5, 0.6) is 0 Å². The first kappa shape index (κ1) is 14.9. The number of rotatable bonds is 4. The summed E-state index contributed by atoms with van der Waals surface area (Å²) < 4.78 is 23.9. The minimum atomic E-state index is -3.30. The third-order valence-corrected chi connectivity index (χ3v) is 4.44. The first-order valence-corrected chi connectivity index (χ1v) is 8.62. The molecule has 0 radical (unpaired) electrons. The van der Waals surface area contributed by atoms with Crippen molar-refractivity contribution in [2.75, 3.05) is 6.26 Å². The van der Waals surface area contributed by atoms with Gasteiger partial charge < -0.3 is 0 Å². The van der Waals surface area contributed by atoms with E-state index in [1.807, 2.05) is 24.3 Å². The summed E-state index contributed by atoms with van der Waals surface area (Å²) in [4.78, 5) is 12.4. The van der Waals surface area contributed by atoms with E-state index in [1.54, 1.807) is 12.1 Å². The van der Waals surface area contributed by atoms with Crippen LogP contribution < -0.4 is 0 Å². The van der Waals surface area contributed by atoms with Gasteiger partial charge in [0.1, 0.15) is 0 Å². The summed E-state index contributed by atoms with van der Waals surface area (Å²) in [6, 6.07) is 13.6. The highest BCUT2D eigenvalue weighted by Gasteiger charge is 2.12. The van der Waals surface area contributed by atoms with Gasteiger partial charge in [-0.05, 0) is 29.8 Å². The standard InChI is InChI=1S/C15H13BrO3S/c1-20(18,19)14-7-3-5-12(10-14)15(17)9-11-4-2-6-13(16)8-11/h2-8,10H,9H2,1H3. The van der Waals surface area contributed by atoms with Gasteiger partial charge in [0.05, 0.1) is 4.90 Å². The Hall–Kier alpha value is -1.46. The van der Waals surface area contributed by atoms with Crippen molar-refractivity contribution in [3.05, 3.63) is 64.1 Å². The molecule has 2 aromatic carbocycles. The molecule has 0 aliphatic carbocycles. The number of sulfone groups is 1. The van der Waals surface area contributed by atoms with Gasteiger partial charge in [-0.1, -0.05) is 40.2 Å². The van der Waals surface area contributed by atoms with E-state index in [0.29, 0.717) is 5.56 Å². The molecule has 0 heterocycles. The summed E-state index contributed by atoms with van der Waals surface area (Å²) in [6.45, 7) is 0. The van der Waals surface area contributed by atoms with E-state index in [0.717, 1.165) is 16.3 Å². The van der Waals surface area contributed by atoms with Gasteiger partial charge in [0.15, 0.2) is 15.6 Å². The number of benzene rings is 2. The fraction of sp³-hybridized carbons (Fsp3) is 0.133. The molecule has 0 saturated carbocycles. The zero-order chi connectivity index (χ0) is 14.8. The molecule has 2 rings (SSSR count). The van der Waals surface area contributed by atoms with Crippen molar-refractivity contribution < 1.29 is 13.2 Å². The van der Waals surface area contributed by atoms with Crippen LogP contribution in [0.4, 0.5) is 0 Å². The summed E-state index contributed by atoms with van der Waals surface area (Å²) in [5.41, 5.74) is 1.29. The second kappa shape index (κ2) is 5.89. The van der Waals surface area contributed by atoms with Crippen LogP contribution in [0.15, 0.2) is 57.9 Å². The van der Waals surface area contributed by atoms with Crippen LogP contribution in [-0.4, -0.2) is 20.5 Å². The Morgan fingerprint density at radius 1 is 1.10 bits per heavy atom. The number of halogens is 1. The largest absolute Gasteiger partial charge is 0.294 e. The molecule has 0 bridgehead atoms. The monoisotopic (exact) mass is 352 g/mol. The fourth-order valence-corrected chi connectivity index (χ4v) is 2.95. The van der Waals surface area contributed by atoms with E-state index in [4.69, 9.17) is 0 Å². The summed E-state index contributed by atoms with van der Waals surface area (Å²) in [6.07, 6.45) is 1.37. The highest BCUT2D eigenvalue weighted by atomic mass is 79.9. The van der Waals surface area contributed by atoms with E-state index < -0.39 is 9.84 Å². The quantitative estimate of drug-likeness (QED) is 0.793. The lowest BCUT2D eigenvalue weighted by Gasteiger charge is -2.04. The predicted octanol–water partition coefficient (Wildman–Crippen LogP) is 3.28. The average molecular weight is 353 g/mol. The Kier molecular flexibility index (Phi) is 4.40. The molecular formula is C15H13BrO3S. The maximum Gasteiger partial charge on any atom is 0.175 e. The molecule has 0 fully saturated rings. The van der Waals surface area contributed by atoms with E-state index in [9.17, 15) is 13.2 Å². The van der Waals surface area contributed by atoms with Gasteiger partial charge in [0.25, 0.3) is 0 Å². The first-order valence-electron chi connectivity index (χ1n) is 5.94. The third-order valence-electron chi connectivity index (χ3n) is 2.84. The van der Waals surface area contributed by atoms with Crippen LogP contribution >= 0.6 is 15.9 Å². The topological polar surface area (TPSA) is 51.2 Å². The lowest BCUT2D eigenvalue weighted by Crippen LogP contribution is -2.05. The lowest BCUT2D eigenvalue weighted by atomic mass is 10.0. The number of ketones is 1. The molecule has 0 aliphatic heterocycles. The Balaban J connectivity index is 2.26. The Morgan fingerprint density at radius 2 is 1.80 bits per heavy atom. The summed E-state index contributed by atoms with van der Waals surface area (Å²) >= 11 is 3.36. The van der Waals surface area contributed by atoms with Crippen LogP contribution in [0.25, 0.3) is 0 Å². The number of carbonyl (C=O) groups excluding carboxylic acids is 1. The van der Waals surface area contributed by atoms with Crippen molar-refractivity contribution in [2.45, 2.75) is 11.3 Å². The zero-order valence-corrected chi connectivity index (χ0v) is 13.2. The number of hydrogen-bond acceptors (Lipinski definition) is 3. The lowest BCUT2D eigenvalue weighted by molar-refractivity contribution is 0.0993. The van der Waals surface area contributed by atoms with Gasteiger partial charge in [-0.2, -0.15) is 0 Å². The maximum atomic E-state index is 12.2. The van der Waals surface area contributed by atoms with Crippen molar-refractivity contribution in [2.24, 2.45) is 0 Å². The second-order valence-electron chi connectivity index (χ2n) is 4.53. The smallest absolute Gasteiger partial charge is 0.175 e. The molecule has 5 heteroatoms. The Bertz CT molecular complexity index is 751. The number of Topliss-reactive ketones (excluding diaryl/α,β-unsaturated/α-hetero) is 1. The summed E-state index contributed by atoms with van der Waals surface area (Å²) in [7, 11) is -3.30. The van der Waals surface area contributed by atoms with Gasteiger partial charge in [-0.15, -0.1) is 0 Å². The van der Waals surface area contributed by atoms with E-state index in [-0.39, 0.29) is 17.1 Å². The summed E-state index contributed by atoms with van der Waals surface area (Å²) in [5, 5.41) is 0.